The van der Waals surface area contributed by atoms with Gasteiger partial charge in [-0.2, -0.15) is 0 Å². The Morgan fingerprint density at radius 3 is 2.35 bits per heavy atom. The van der Waals surface area contributed by atoms with Gasteiger partial charge in [0.15, 0.2) is 6.61 Å². The van der Waals surface area contributed by atoms with Gasteiger partial charge in [-0.15, -0.1) is 0 Å². The van der Waals surface area contributed by atoms with E-state index in [0.29, 0.717) is 17.0 Å². The number of benzene rings is 2. The van der Waals surface area contributed by atoms with Crippen LogP contribution >= 0.6 is 11.6 Å². The van der Waals surface area contributed by atoms with Crippen molar-refractivity contribution in [3.8, 4) is 5.75 Å². The van der Waals surface area contributed by atoms with Gasteiger partial charge in [0.25, 0.3) is 11.8 Å². The van der Waals surface area contributed by atoms with E-state index < -0.39 is 11.7 Å². The van der Waals surface area contributed by atoms with Gasteiger partial charge in [-0.1, -0.05) is 11.6 Å². The summed E-state index contributed by atoms with van der Waals surface area (Å²) in [6.07, 6.45) is 0. The topological polar surface area (TPSA) is 67.4 Å². The number of carbonyl (C=O) groups is 2. The van der Waals surface area contributed by atoms with Gasteiger partial charge in [0.2, 0.25) is 0 Å². The molecule has 0 radical (unpaired) electrons. The third kappa shape index (κ3) is 6.04. The number of halogens is 2. The van der Waals surface area contributed by atoms with Crippen molar-refractivity contribution in [3.05, 3.63) is 58.9 Å². The standard InChI is InChI=1S/C19H20ClFN2O3/c1-19(2,3)23-18(25)12-4-6-13(7-5-12)22-17(24)11-26-14-8-9-16(21)15(20)10-14/h4-10H,11H2,1-3H3,(H,22,24)(H,23,25). The van der Waals surface area contributed by atoms with E-state index in [4.69, 9.17) is 16.3 Å². The molecule has 0 fully saturated rings. The van der Waals surface area contributed by atoms with E-state index in [1.807, 2.05) is 20.8 Å². The fraction of sp³-hybridized carbons (Fsp3) is 0.263. The lowest BCUT2D eigenvalue weighted by Gasteiger charge is -2.20. The normalized spacial score (nSPS) is 11.0. The molecule has 2 aromatic rings. The van der Waals surface area contributed by atoms with Crippen molar-refractivity contribution < 1.29 is 18.7 Å². The number of hydrogen-bond donors (Lipinski definition) is 2. The van der Waals surface area contributed by atoms with Crippen LogP contribution < -0.4 is 15.4 Å². The SMILES string of the molecule is CC(C)(C)NC(=O)c1ccc(NC(=O)COc2ccc(F)c(Cl)c2)cc1. The predicted molar refractivity (Wildman–Crippen MR) is 99.2 cm³/mol. The van der Waals surface area contributed by atoms with Crippen LogP contribution in [0.25, 0.3) is 0 Å². The zero-order chi connectivity index (χ0) is 19.3. The lowest BCUT2D eigenvalue weighted by atomic mass is 10.1. The molecule has 0 heterocycles. The lowest BCUT2D eigenvalue weighted by Crippen LogP contribution is -2.40. The number of rotatable bonds is 5. The third-order valence-electron chi connectivity index (χ3n) is 3.18. The molecular formula is C19H20ClFN2O3. The minimum atomic E-state index is -0.556. The van der Waals surface area contributed by atoms with Crippen LogP contribution in [0.4, 0.5) is 10.1 Å². The Hall–Kier alpha value is -2.60. The Bertz CT molecular complexity index is 801. The number of amides is 2. The Balaban J connectivity index is 1.88. The summed E-state index contributed by atoms with van der Waals surface area (Å²) in [5.41, 5.74) is 0.697. The van der Waals surface area contributed by atoms with Gasteiger partial charge in [0, 0.05) is 22.9 Å². The van der Waals surface area contributed by atoms with Gasteiger partial charge in [0.05, 0.1) is 5.02 Å². The van der Waals surface area contributed by atoms with Crippen LogP contribution in [0.1, 0.15) is 31.1 Å². The minimum absolute atomic E-state index is 0.0768. The maximum atomic E-state index is 13.1. The molecule has 0 aromatic heterocycles. The minimum Gasteiger partial charge on any atom is -0.484 e. The molecule has 2 amide bonds. The molecule has 7 heteroatoms. The highest BCUT2D eigenvalue weighted by atomic mass is 35.5. The van der Waals surface area contributed by atoms with Gasteiger partial charge >= 0.3 is 0 Å². The first-order valence-corrected chi connectivity index (χ1v) is 8.32. The molecule has 0 aliphatic carbocycles. The molecule has 5 nitrogen and oxygen atoms in total. The van der Waals surface area contributed by atoms with Crippen molar-refractivity contribution >= 4 is 29.1 Å². The Labute approximate surface area is 156 Å². The molecule has 0 spiro atoms. The molecule has 0 saturated heterocycles. The fourth-order valence-corrected chi connectivity index (χ4v) is 2.20. The molecule has 0 bridgehead atoms. The van der Waals surface area contributed by atoms with Crippen LogP contribution in [0.2, 0.25) is 5.02 Å². The second-order valence-electron chi connectivity index (χ2n) is 6.69. The largest absolute Gasteiger partial charge is 0.484 e. The quantitative estimate of drug-likeness (QED) is 0.825. The zero-order valence-electron chi connectivity index (χ0n) is 14.7. The van der Waals surface area contributed by atoms with Crippen LogP contribution in [-0.2, 0) is 4.79 Å². The first-order chi connectivity index (χ1) is 12.1. The van der Waals surface area contributed by atoms with E-state index in [2.05, 4.69) is 10.6 Å². The number of anilines is 1. The first-order valence-electron chi connectivity index (χ1n) is 7.94. The van der Waals surface area contributed by atoms with Gasteiger partial charge < -0.3 is 15.4 Å². The van der Waals surface area contributed by atoms with Gasteiger partial charge in [-0.25, -0.2) is 4.39 Å². The van der Waals surface area contributed by atoms with Crippen molar-refractivity contribution in [2.45, 2.75) is 26.3 Å². The van der Waals surface area contributed by atoms with Crippen molar-refractivity contribution in [1.29, 1.82) is 0 Å². The van der Waals surface area contributed by atoms with Gasteiger partial charge in [0.1, 0.15) is 11.6 Å². The van der Waals surface area contributed by atoms with Crippen molar-refractivity contribution in [2.75, 3.05) is 11.9 Å². The van der Waals surface area contributed by atoms with E-state index in [1.165, 1.54) is 12.1 Å². The summed E-state index contributed by atoms with van der Waals surface area (Å²) in [7, 11) is 0. The predicted octanol–water partition coefficient (Wildman–Crippen LogP) is 4.02. The molecule has 2 N–H and O–H groups in total. The van der Waals surface area contributed by atoms with E-state index in [0.717, 1.165) is 6.07 Å². The summed E-state index contributed by atoms with van der Waals surface area (Å²) in [6.45, 7) is 5.43. The number of hydrogen-bond acceptors (Lipinski definition) is 3. The molecule has 0 aliphatic heterocycles. The zero-order valence-corrected chi connectivity index (χ0v) is 15.5. The molecule has 0 aliphatic rings. The lowest BCUT2D eigenvalue weighted by molar-refractivity contribution is -0.118. The van der Waals surface area contributed by atoms with Crippen LogP contribution in [-0.4, -0.2) is 24.0 Å². The summed E-state index contributed by atoms with van der Waals surface area (Å²) in [5.74, 6) is -0.843. The van der Waals surface area contributed by atoms with Crippen molar-refractivity contribution in [1.82, 2.24) is 5.32 Å². The molecule has 138 valence electrons. The van der Waals surface area contributed by atoms with Crippen LogP contribution in [0, 0.1) is 5.82 Å². The second-order valence-corrected chi connectivity index (χ2v) is 7.10. The Kier molecular flexibility index (Phi) is 6.21. The highest BCUT2D eigenvalue weighted by molar-refractivity contribution is 6.30. The Morgan fingerprint density at radius 1 is 1.12 bits per heavy atom. The highest BCUT2D eigenvalue weighted by Gasteiger charge is 2.15. The summed E-state index contributed by atoms with van der Waals surface area (Å²) < 4.78 is 18.3. The van der Waals surface area contributed by atoms with Crippen LogP contribution in [0.3, 0.4) is 0 Å². The van der Waals surface area contributed by atoms with Crippen LogP contribution in [0.15, 0.2) is 42.5 Å². The first kappa shape index (κ1) is 19.7. The second kappa shape index (κ2) is 8.19. The third-order valence-corrected chi connectivity index (χ3v) is 3.47. The van der Waals surface area contributed by atoms with E-state index in [1.54, 1.807) is 24.3 Å². The van der Waals surface area contributed by atoms with Crippen LogP contribution in [0.5, 0.6) is 5.75 Å². The van der Waals surface area contributed by atoms with E-state index in [-0.39, 0.29) is 23.1 Å². The number of ether oxygens (including phenoxy) is 1. The molecule has 0 saturated carbocycles. The maximum Gasteiger partial charge on any atom is 0.262 e. The molecule has 2 rings (SSSR count). The smallest absolute Gasteiger partial charge is 0.262 e. The van der Waals surface area contributed by atoms with Gasteiger partial charge in [-0.3, -0.25) is 9.59 Å². The number of nitrogens with one attached hydrogen (secondary N) is 2. The summed E-state index contributed by atoms with van der Waals surface area (Å²) in [5, 5.41) is 5.43. The van der Waals surface area contributed by atoms with Crippen molar-refractivity contribution in [3.63, 3.8) is 0 Å². The summed E-state index contributed by atoms with van der Waals surface area (Å²) >= 11 is 5.65. The molecule has 2 aromatic carbocycles. The molecule has 0 atom stereocenters. The van der Waals surface area contributed by atoms with E-state index >= 15 is 0 Å². The molecule has 0 unspecified atom stereocenters. The molecule has 26 heavy (non-hydrogen) atoms. The number of carbonyl (C=O) groups excluding carboxylic acids is 2. The van der Waals surface area contributed by atoms with Gasteiger partial charge in [-0.05, 0) is 57.2 Å². The fourth-order valence-electron chi connectivity index (χ4n) is 2.03. The monoisotopic (exact) mass is 378 g/mol. The maximum absolute atomic E-state index is 13.1. The highest BCUT2D eigenvalue weighted by Crippen LogP contribution is 2.21. The molecular weight excluding hydrogens is 359 g/mol. The summed E-state index contributed by atoms with van der Waals surface area (Å²) in [4.78, 5) is 24.0. The Morgan fingerprint density at radius 2 is 1.77 bits per heavy atom. The summed E-state index contributed by atoms with van der Waals surface area (Å²) in [6, 6.07) is 10.4. The average Bonchev–Trinajstić information content (AvgIpc) is 2.55. The van der Waals surface area contributed by atoms with Crippen molar-refractivity contribution in [2.24, 2.45) is 0 Å². The average molecular weight is 379 g/mol. The van der Waals surface area contributed by atoms with E-state index in [9.17, 15) is 14.0 Å².